The standard InChI is InChI=1S/C18H26N4O4S/c1-3-20-17(25)22-7-5-18(6-8-22)12-10-14(27-13(12)4-9-26-18)16(24)21-11(2)15(19)23/h10-11H,3-9H2,1-2H3,(H2,19,23)(H,20,25)(H,21,24)/t11-/m0/s1. The lowest BCUT2D eigenvalue weighted by molar-refractivity contribution is -0.119. The van der Waals surface area contributed by atoms with Gasteiger partial charge in [0.1, 0.15) is 6.04 Å². The summed E-state index contributed by atoms with van der Waals surface area (Å²) in [6.45, 7) is 5.90. The molecule has 1 saturated heterocycles. The lowest BCUT2D eigenvalue weighted by Crippen LogP contribution is -2.50. The van der Waals surface area contributed by atoms with E-state index in [2.05, 4.69) is 10.6 Å². The fourth-order valence-corrected chi connectivity index (χ4v) is 4.75. The Kier molecular flexibility index (Phi) is 5.71. The van der Waals surface area contributed by atoms with Gasteiger partial charge in [0.15, 0.2) is 0 Å². The highest BCUT2D eigenvalue weighted by molar-refractivity contribution is 7.14. The molecule has 2 aliphatic heterocycles. The molecule has 1 fully saturated rings. The number of ether oxygens (including phenoxy) is 1. The molecule has 4 N–H and O–H groups in total. The first-order chi connectivity index (χ1) is 12.9. The van der Waals surface area contributed by atoms with Crippen molar-refractivity contribution in [1.29, 1.82) is 0 Å². The SMILES string of the molecule is CCNC(=O)N1CCC2(CC1)OCCc1sc(C(=O)N[C@@H](C)C(N)=O)cc12. The largest absolute Gasteiger partial charge is 0.370 e. The molecule has 0 aliphatic carbocycles. The molecule has 27 heavy (non-hydrogen) atoms. The molecule has 1 atom stereocenters. The maximum Gasteiger partial charge on any atom is 0.317 e. The van der Waals surface area contributed by atoms with Gasteiger partial charge in [-0.2, -0.15) is 0 Å². The summed E-state index contributed by atoms with van der Waals surface area (Å²) in [5.41, 5.74) is 5.83. The van der Waals surface area contributed by atoms with Crippen molar-refractivity contribution < 1.29 is 19.1 Å². The number of thiophene rings is 1. The van der Waals surface area contributed by atoms with Crippen LogP contribution < -0.4 is 16.4 Å². The number of carbonyl (C=O) groups excluding carboxylic acids is 3. The van der Waals surface area contributed by atoms with Crippen molar-refractivity contribution in [2.24, 2.45) is 5.73 Å². The van der Waals surface area contributed by atoms with E-state index in [1.54, 1.807) is 11.8 Å². The maximum atomic E-state index is 12.5. The molecule has 2 aliphatic rings. The summed E-state index contributed by atoms with van der Waals surface area (Å²) in [5, 5.41) is 5.46. The average Bonchev–Trinajstić information content (AvgIpc) is 3.08. The Morgan fingerprint density at radius 3 is 2.70 bits per heavy atom. The van der Waals surface area contributed by atoms with E-state index in [0.717, 1.165) is 16.9 Å². The number of primary amides is 1. The van der Waals surface area contributed by atoms with Crippen molar-refractivity contribution in [3.05, 3.63) is 21.4 Å². The van der Waals surface area contributed by atoms with Crippen molar-refractivity contribution >= 4 is 29.2 Å². The third-order valence-corrected chi connectivity index (χ3v) is 6.39. The topological polar surface area (TPSA) is 114 Å². The van der Waals surface area contributed by atoms with E-state index in [-0.39, 0.29) is 11.9 Å². The number of carbonyl (C=O) groups is 3. The van der Waals surface area contributed by atoms with E-state index in [1.165, 1.54) is 11.3 Å². The molecule has 0 unspecified atom stereocenters. The molecule has 1 spiro atoms. The summed E-state index contributed by atoms with van der Waals surface area (Å²) < 4.78 is 6.18. The van der Waals surface area contributed by atoms with Crippen LogP contribution in [0, 0.1) is 0 Å². The van der Waals surface area contributed by atoms with Crippen LogP contribution in [-0.4, -0.2) is 55.0 Å². The van der Waals surface area contributed by atoms with Gasteiger partial charge in [0.05, 0.1) is 17.1 Å². The van der Waals surface area contributed by atoms with E-state index in [1.807, 2.05) is 13.0 Å². The van der Waals surface area contributed by atoms with Gasteiger partial charge in [-0.3, -0.25) is 9.59 Å². The molecular formula is C18H26N4O4S. The summed E-state index contributed by atoms with van der Waals surface area (Å²) in [6.07, 6.45) is 2.17. The lowest BCUT2D eigenvalue weighted by atomic mass is 9.82. The van der Waals surface area contributed by atoms with Crippen LogP contribution in [0.2, 0.25) is 0 Å². The number of fused-ring (bicyclic) bond motifs is 2. The Bertz CT molecular complexity index is 740. The molecule has 3 rings (SSSR count). The third kappa shape index (κ3) is 3.93. The Balaban J connectivity index is 1.75. The van der Waals surface area contributed by atoms with Gasteiger partial charge in [0.2, 0.25) is 5.91 Å². The predicted octanol–water partition coefficient (Wildman–Crippen LogP) is 0.945. The first kappa shape index (κ1) is 19.6. The van der Waals surface area contributed by atoms with Crippen LogP contribution in [0.15, 0.2) is 6.07 Å². The second kappa shape index (κ2) is 7.85. The number of rotatable bonds is 4. The Morgan fingerprint density at radius 1 is 1.37 bits per heavy atom. The fraction of sp³-hybridized carbons (Fsp3) is 0.611. The second-order valence-electron chi connectivity index (χ2n) is 6.96. The molecule has 0 bridgehead atoms. The van der Waals surface area contributed by atoms with Crippen LogP contribution in [0.1, 0.15) is 46.8 Å². The van der Waals surface area contributed by atoms with Crippen LogP contribution in [0.5, 0.6) is 0 Å². The average molecular weight is 394 g/mol. The predicted molar refractivity (Wildman–Crippen MR) is 102 cm³/mol. The van der Waals surface area contributed by atoms with Gasteiger partial charge in [-0.1, -0.05) is 0 Å². The molecular weight excluding hydrogens is 368 g/mol. The van der Waals surface area contributed by atoms with Crippen molar-refractivity contribution in [2.45, 2.75) is 44.8 Å². The highest BCUT2D eigenvalue weighted by Gasteiger charge is 2.43. The lowest BCUT2D eigenvalue weighted by Gasteiger charge is -2.43. The van der Waals surface area contributed by atoms with Crippen LogP contribution in [0.4, 0.5) is 4.79 Å². The summed E-state index contributed by atoms with van der Waals surface area (Å²) in [6, 6.07) is 1.11. The Morgan fingerprint density at radius 2 is 2.07 bits per heavy atom. The molecule has 1 aromatic rings. The zero-order valence-corrected chi connectivity index (χ0v) is 16.5. The molecule has 8 nitrogen and oxygen atoms in total. The van der Waals surface area contributed by atoms with Gasteiger partial charge in [-0.05, 0) is 38.3 Å². The van der Waals surface area contributed by atoms with E-state index >= 15 is 0 Å². The number of hydrogen-bond donors (Lipinski definition) is 3. The van der Waals surface area contributed by atoms with Crippen molar-refractivity contribution in [2.75, 3.05) is 26.2 Å². The number of amides is 4. The number of nitrogens with one attached hydrogen (secondary N) is 2. The number of urea groups is 1. The quantitative estimate of drug-likeness (QED) is 0.705. The third-order valence-electron chi connectivity index (χ3n) is 5.19. The van der Waals surface area contributed by atoms with Crippen LogP contribution >= 0.6 is 11.3 Å². The summed E-state index contributed by atoms with van der Waals surface area (Å²) >= 11 is 1.44. The van der Waals surface area contributed by atoms with E-state index in [0.29, 0.717) is 44.0 Å². The minimum Gasteiger partial charge on any atom is -0.370 e. The number of piperidine rings is 1. The molecule has 0 saturated carbocycles. The zero-order valence-electron chi connectivity index (χ0n) is 15.7. The fourth-order valence-electron chi connectivity index (χ4n) is 3.62. The maximum absolute atomic E-state index is 12.5. The second-order valence-corrected chi connectivity index (χ2v) is 8.10. The summed E-state index contributed by atoms with van der Waals surface area (Å²) in [7, 11) is 0. The van der Waals surface area contributed by atoms with Gasteiger partial charge < -0.3 is 26.0 Å². The Hall–Kier alpha value is -2.13. The van der Waals surface area contributed by atoms with Crippen molar-refractivity contribution in [1.82, 2.24) is 15.5 Å². The van der Waals surface area contributed by atoms with Crippen molar-refractivity contribution in [3.63, 3.8) is 0 Å². The molecule has 0 aromatic carbocycles. The van der Waals surface area contributed by atoms with Gasteiger partial charge in [-0.25, -0.2) is 4.79 Å². The summed E-state index contributed by atoms with van der Waals surface area (Å²) in [4.78, 5) is 39.2. The number of hydrogen-bond acceptors (Lipinski definition) is 5. The Labute approximate surface area is 162 Å². The normalized spacial score (nSPS) is 19.3. The molecule has 0 radical (unpaired) electrons. The van der Waals surface area contributed by atoms with E-state index in [9.17, 15) is 14.4 Å². The van der Waals surface area contributed by atoms with Crippen molar-refractivity contribution in [3.8, 4) is 0 Å². The van der Waals surface area contributed by atoms with Gasteiger partial charge >= 0.3 is 6.03 Å². The molecule has 1 aromatic heterocycles. The zero-order chi connectivity index (χ0) is 19.6. The van der Waals surface area contributed by atoms with Crippen LogP contribution in [0.3, 0.4) is 0 Å². The summed E-state index contributed by atoms with van der Waals surface area (Å²) in [5.74, 6) is -0.863. The number of nitrogens with two attached hydrogens (primary N) is 1. The monoisotopic (exact) mass is 394 g/mol. The first-order valence-electron chi connectivity index (χ1n) is 9.26. The number of likely N-dealkylation sites (tertiary alicyclic amines) is 1. The first-order valence-corrected chi connectivity index (χ1v) is 10.1. The highest BCUT2D eigenvalue weighted by Crippen LogP contribution is 2.44. The smallest absolute Gasteiger partial charge is 0.317 e. The molecule has 3 heterocycles. The van der Waals surface area contributed by atoms with Gasteiger partial charge in [-0.15, -0.1) is 11.3 Å². The minimum absolute atomic E-state index is 0.0470. The minimum atomic E-state index is -0.720. The van der Waals surface area contributed by atoms with Gasteiger partial charge in [0, 0.05) is 30.9 Å². The van der Waals surface area contributed by atoms with E-state index < -0.39 is 17.6 Å². The highest BCUT2D eigenvalue weighted by atomic mass is 32.1. The van der Waals surface area contributed by atoms with Crippen LogP contribution in [-0.2, 0) is 21.6 Å². The molecule has 4 amide bonds. The van der Waals surface area contributed by atoms with Crippen LogP contribution in [0.25, 0.3) is 0 Å². The van der Waals surface area contributed by atoms with E-state index in [4.69, 9.17) is 10.5 Å². The molecule has 9 heteroatoms. The van der Waals surface area contributed by atoms with Gasteiger partial charge in [0.25, 0.3) is 5.91 Å². The number of nitrogens with zero attached hydrogens (tertiary/aromatic N) is 1. The molecule has 148 valence electrons.